The van der Waals surface area contributed by atoms with Crippen LogP contribution in [0.1, 0.15) is 29.4 Å². The van der Waals surface area contributed by atoms with Gasteiger partial charge in [-0.15, -0.1) is 0 Å². The predicted octanol–water partition coefficient (Wildman–Crippen LogP) is 4.74. The van der Waals surface area contributed by atoms with E-state index in [4.69, 9.17) is 4.98 Å². The summed E-state index contributed by atoms with van der Waals surface area (Å²) in [7, 11) is 0. The molecular weight excluding hydrogens is 334 g/mol. The molecule has 0 spiro atoms. The number of fused-ring (bicyclic) bond motifs is 1. The average molecular weight is 357 g/mol. The summed E-state index contributed by atoms with van der Waals surface area (Å²) in [6.45, 7) is 6.96. The van der Waals surface area contributed by atoms with E-state index in [2.05, 4.69) is 61.3 Å². The SMILES string of the molecule is CC(=O)CN1C=Cc2[nH]c(-c3ccc(-c4ccc(C)c(C)c4)cc3)nc2C1. The van der Waals surface area contributed by atoms with Crippen LogP contribution in [0.4, 0.5) is 0 Å². The van der Waals surface area contributed by atoms with Crippen molar-refractivity contribution in [3.8, 4) is 22.5 Å². The number of nitrogens with zero attached hydrogens (tertiary/aromatic N) is 2. The fourth-order valence-electron chi connectivity index (χ4n) is 3.38. The number of rotatable bonds is 4. The quantitative estimate of drug-likeness (QED) is 0.734. The molecule has 4 rings (SSSR count). The minimum absolute atomic E-state index is 0.154. The molecule has 0 saturated heterocycles. The first-order valence-electron chi connectivity index (χ1n) is 9.18. The van der Waals surface area contributed by atoms with Gasteiger partial charge in [0.05, 0.1) is 24.5 Å². The third-order valence-corrected chi connectivity index (χ3v) is 5.04. The third kappa shape index (κ3) is 3.56. The first kappa shape index (κ1) is 17.3. The Bertz CT molecular complexity index is 1030. The monoisotopic (exact) mass is 357 g/mol. The lowest BCUT2D eigenvalue weighted by Gasteiger charge is -2.20. The lowest BCUT2D eigenvalue weighted by molar-refractivity contribution is -0.117. The van der Waals surface area contributed by atoms with E-state index in [0.717, 1.165) is 22.8 Å². The number of carbonyl (C=O) groups excluding carboxylic acids is 1. The van der Waals surface area contributed by atoms with Crippen molar-refractivity contribution >= 4 is 11.9 Å². The molecular formula is C23H23N3O. The lowest BCUT2D eigenvalue weighted by atomic mass is 9.99. The van der Waals surface area contributed by atoms with Crippen molar-refractivity contribution in [2.24, 2.45) is 0 Å². The summed E-state index contributed by atoms with van der Waals surface area (Å²) in [5.74, 6) is 1.02. The van der Waals surface area contributed by atoms with E-state index in [1.54, 1.807) is 6.92 Å². The van der Waals surface area contributed by atoms with Crippen LogP contribution < -0.4 is 0 Å². The number of aromatic amines is 1. The number of aryl methyl sites for hydroxylation is 2. The van der Waals surface area contributed by atoms with Crippen molar-refractivity contribution in [2.75, 3.05) is 6.54 Å². The summed E-state index contributed by atoms with van der Waals surface area (Å²) in [6.07, 6.45) is 3.94. The van der Waals surface area contributed by atoms with Gasteiger partial charge in [0, 0.05) is 11.8 Å². The van der Waals surface area contributed by atoms with E-state index >= 15 is 0 Å². The fourth-order valence-corrected chi connectivity index (χ4v) is 3.38. The minimum Gasteiger partial charge on any atom is -0.364 e. The van der Waals surface area contributed by atoms with Gasteiger partial charge in [-0.1, -0.05) is 42.5 Å². The highest BCUT2D eigenvalue weighted by Crippen LogP contribution is 2.27. The van der Waals surface area contributed by atoms with Gasteiger partial charge in [-0.3, -0.25) is 4.79 Å². The van der Waals surface area contributed by atoms with Crippen LogP contribution in [0.2, 0.25) is 0 Å². The highest BCUT2D eigenvalue weighted by Gasteiger charge is 2.17. The zero-order valence-corrected chi connectivity index (χ0v) is 15.9. The van der Waals surface area contributed by atoms with E-state index in [1.807, 2.05) is 17.2 Å². The largest absolute Gasteiger partial charge is 0.364 e. The van der Waals surface area contributed by atoms with Gasteiger partial charge in [-0.2, -0.15) is 0 Å². The van der Waals surface area contributed by atoms with Gasteiger partial charge in [-0.25, -0.2) is 4.98 Å². The predicted molar refractivity (Wildman–Crippen MR) is 109 cm³/mol. The van der Waals surface area contributed by atoms with Crippen LogP contribution in [0.25, 0.3) is 28.6 Å². The van der Waals surface area contributed by atoms with Gasteiger partial charge in [-0.05, 0) is 49.1 Å². The van der Waals surface area contributed by atoms with Gasteiger partial charge < -0.3 is 9.88 Å². The lowest BCUT2D eigenvalue weighted by Crippen LogP contribution is -2.25. The van der Waals surface area contributed by atoms with Gasteiger partial charge in [0.2, 0.25) is 0 Å². The molecule has 1 aliphatic heterocycles. The second-order valence-corrected chi connectivity index (χ2v) is 7.24. The first-order valence-corrected chi connectivity index (χ1v) is 9.18. The van der Waals surface area contributed by atoms with E-state index in [9.17, 15) is 4.79 Å². The number of carbonyl (C=O) groups is 1. The topological polar surface area (TPSA) is 49.0 Å². The molecule has 1 N–H and O–H groups in total. The van der Waals surface area contributed by atoms with Crippen molar-refractivity contribution in [3.05, 3.63) is 71.2 Å². The van der Waals surface area contributed by atoms with Gasteiger partial charge in [0.15, 0.2) is 0 Å². The standard InChI is InChI=1S/C23H23N3O/c1-15-4-5-20(12-16(15)2)18-6-8-19(9-7-18)23-24-21-10-11-26(13-17(3)27)14-22(21)25-23/h4-12H,13-14H2,1-3H3,(H,24,25). The van der Waals surface area contributed by atoms with Gasteiger partial charge in [0.1, 0.15) is 11.6 Å². The highest BCUT2D eigenvalue weighted by molar-refractivity contribution is 5.78. The number of hydrogen-bond donors (Lipinski definition) is 1. The summed E-state index contributed by atoms with van der Waals surface area (Å²) in [5.41, 5.74) is 8.09. The Balaban J connectivity index is 1.57. The minimum atomic E-state index is 0.154. The summed E-state index contributed by atoms with van der Waals surface area (Å²) in [6, 6.07) is 15.0. The van der Waals surface area contributed by atoms with Crippen molar-refractivity contribution in [1.29, 1.82) is 0 Å². The summed E-state index contributed by atoms with van der Waals surface area (Å²) in [5, 5.41) is 0. The number of aromatic nitrogens is 2. The second-order valence-electron chi connectivity index (χ2n) is 7.24. The molecule has 4 nitrogen and oxygen atoms in total. The molecule has 3 aromatic rings. The Hall–Kier alpha value is -3.14. The number of hydrogen-bond acceptors (Lipinski definition) is 3. The van der Waals surface area contributed by atoms with Crippen LogP contribution in [0.5, 0.6) is 0 Å². The number of nitrogens with one attached hydrogen (secondary N) is 1. The Kier molecular flexibility index (Phi) is 4.40. The van der Waals surface area contributed by atoms with E-state index < -0.39 is 0 Å². The maximum Gasteiger partial charge on any atom is 0.149 e. The summed E-state index contributed by atoms with van der Waals surface area (Å²) < 4.78 is 0. The zero-order valence-electron chi connectivity index (χ0n) is 15.9. The molecule has 1 aliphatic rings. The van der Waals surface area contributed by atoms with Crippen LogP contribution in [0.15, 0.2) is 48.7 Å². The molecule has 0 bridgehead atoms. The molecule has 0 atom stereocenters. The third-order valence-electron chi connectivity index (χ3n) is 5.04. The van der Waals surface area contributed by atoms with Crippen LogP contribution in [-0.2, 0) is 11.3 Å². The fraction of sp³-hybridized carbons (Fsp3) is 0.217. The average Bonchev–Trinajstić information content (AvgIpc) is 3.07. The number of ketones is 1. The molecule has 0 saturated carbocycles. The second kappa shape index (κ2) is 6.88. The number of Topliss-reactive ketones (excluding diaryl/α,β-unsaturated/α-hetero) is 1. The van der Waals surface area contributed by atoms with Crippen molar-refractivity contribution in [1.82, 2.24) is 14.9 Å². The number of benzene rings is 2. The Labute approximate surface area is 159 Å². The van der Waals surface area contributed by atoms with Crippen molar-refractivity contribution < 1.29 is 4.79 Å². The molecule has 0 radical (unpaired) electrons. The van der Waals surface area contributed by atoms with Gasteiger partial charge in [0.25, 0.3) is 0 Å². The molecule has 136 valence electrons. The molecule has 2 heterocycles. The van der Waals surface area contributed by atoms with Crippen molar-refractivity contribution in [2.45, 2.75) is 27.3 Å². The number of imidazole rings is 1. The highest BCUT2D eigenvalue weighted by atomic mass is 16.1. The van der Waals surface area contributed by atoms with Gasteiger partial charge >= 0.3 is 0 Å². The van der Waals surface area contributed by atoms with E-state index in [1.165, 1.54) is 22.3 Å². The molecule has 1 aromatic heterocycles. The molecule has 27 heavy (non-hydrogen) atoms. The molecule has 2 aromatic carbocycles. The smallest absolute Gasteiger partial charge is 0.149 e. The Morgan fingerprint density at radius 1 is 1.04 bits per heavy atom. The molecule has 0 unspecified atom stereocenters. The first-order chi connectivity index (χ1) is 13.0. The van der Waals surface area contributed by atoms with E-state index in [0.29, 0.717) is 13.1 Å². The maximum atomic E-state index is 11.3. The van der Waals surface area contributed by atoms with Crippen molar-refractivity contribution in [3.63, 3.8) is 0 Å². The summed E-state index contributed by atoms with van der Waals surface area (Å²) in [4.78, 5) is 21.5. The van der Waals surface area contributed by atoms with Crippen LogP contribution in [-0.4, -0.2) is 27.2 Å². The normalized spacial score (nSPS) is 12.9. The zero-order chi connectivity index (χ0) is 19.0. The summed E-state index contributed by atoms with van der Waals surface area (Å²) >= 11 is 0. The number of H-pyrrole nitrogens is 1. The molecule has 4 heteroatoms. The van der Waals surface area contributed by atoms with Crippen LogP contribution >= 0.6 is 0 Å². The van der Waals surface area contributed by atoms with E-state index in [-0.39, 0.29) is 5.78 Å². The Morgan fingerprint density at radius 3 is 2.44 bits per heavy atom. The molecule has 0 aliphatic carbocycles. The molecule has 0 fully saturated rings. The van der Waals surface area contributed by atoms with Crippen LogP contribution in [0, 0.1) is 13.8 Å². The van der Waals surface area contributed by atoms with Crippen LogP contribution in [0.3, 0.4) is 0 Å². The Morgan fingerprint density at radius 2 is 1.74 bits per heavy atom. The maximum absolute atomic E-state index is 11.3. The molecule has 0 amide bonds.